The van der Waals surface area contributed by atoms with E-state index < -0.39 is 12.4 Å². The minimum absolute atomic E-state index is 0.0205. The van der Waals surface area contributed by atoms with Gasteiger partial charge in [0, 0.05) is 5.88 Å². The predicted octanol–water partition coefficient (Wildman–Crippen LogP) is 3.08. The van der Waals surface area contributed by atoms with E-state index >= 15 is 0 Å². The fourth-order valence-electron chi connectivity index (χ4n) is 1.25. The van der Waals surface area contributed by atoms with Gasteiger partial charge in [-0.05, 0) is 39.8 Å². The van der Waals surface area contributed by atoms with Crippen molar-refractivity contribution >= 4 is 40.2 Å². The van der Waals surface area contributed by atoms with Crippen LogP contribution >= 0.6 is 34.2 Å². The van der Waals surface area contributed by atoms with Crippen LogP contribution in [0.2, 0.25) is 0 Å². The summed E-state index contributed by atoms with van der Waals surface area (Å²) in [5.74, 6) is -0.411. The molecule has 0 saturated carbocycles. The number of esters is 1. The molecule has 0 unspecified atom stereocenters. The number of rotatable bonds is 4. The van der Waals surface area contributed by atoms with Crippen molar-refractivity contribution in [2.75, 3.05) is 7.11 Å². The molecule has 0 aliphatic heterocycles. The Kier molecular flexibility index (Phi) is 5.51. The minimum Gasteiger partial charge on any atom is -0.469 e. The molecule has 0 aliphatic carbocycles. The number of carbonyl (C=O) groups is 1. The number of nitrogens with zero attached hydrogens (tertiary/aromatic N) is 1. The van der Waals surface area contributed by atoms with E-state index in [2.05, 4.69) is 9.72 Å². The lowest BCUT2D eigenvalue weighted by molar-refractivity contribution is -0.139. The number of pyridine rings is 1. The molecule has 0 bridgehead atoms. The average Bonchev–Trinajstić information content (AvgIpc) is 2.30. The van der Waals surface area contributed by atoms with Crippen molar-refractivity contribution in [1.29, 1.82) is 0 Å². The van der Waals surface area contributed by atoms with Gasteiger partial charge >= 0.3 is 5.97 Å². The molecular weight excluding hydrogens is 366 g/mol. The first-order chi connectivity index (χ1) is 7.99. The van der Waals surface area contributed by atoms with Gasteiger partial charge in [0.05, 0.1) is 13.5 Å². The van der Waals surface area contributed by atoms with Crippen molar-refractivity contribution in [3.63, 3.8) is 0 Å². The highest BCUT2D eigenvalue weighted by Crippen LogP contribution is 2.25. The van der Waals surface area contributed by atoms with Crippen molar-refractivity contribution in [2.45, 2.75) is 18.7 Å². The molecule has 1 rings (SSSR count). The maximum atomic E-state index is 12.5. The Morgan fingerprint density at radius 2 is 2.29 bits per heavy atom. The molecule has 1 heterocycles. The van der Waals surface area contributed by atoms with Crippen LogP contribution < -0.4 is 0 Å². The Balaban J connectivity index is 3.16. The second-order valence-corrected chi connectivity index (χ2v) is 4.45. The Bertz CT molecular complexity index is 429. The summed E-state index contributed by atoms with van der Waals surface area (Å²) in [6.07, 6.45) is -2.68. The van der Waals surface area contributed by atoms with Gasteiger partial charge in [-0.2, -0.15) is 0 Å². The SMILES string of the molecule is COC(=O)Cc1c(CCl)cc(C(F)F)nc1I. The van der Waals surface area contributed by atoms with Gasteiger partial charge in [-0.1, -0.05) is 0 Å². The molecule has 0 amide bonds. The average molecular weight is 376 g/mol. The van der Waals surface area contributed by atoms with Crippen LogP contribution in [0, 0.1) is 3.70 Å². The molecule has 0 aromatic carbocycles. The molecular formula is C10H9ClF2INO2. The minimum atomic E-state index is -2.65. The largest absolute Gasteiger partial charge is 0.469 e. The van der Waals surface area contributed by atoms with Crippen molar-refractivity contribution in [2.24, 2.45) is 0 Å². The quantitative estimate of drug-likeness (QED) is 0.351. The first-order valence-electron chi connectivity index (χ1n) is 4.58. The Labute approximate surface area is 116 Å². The smallest absolute Gasteiger partial charge is 0.310 e. The molecule has 0 spiro atoms. The van der Waals surface area contributed by atoms with E-state index in [1.165, 1.54) is 13.2 Å². The highest BCUT2D eigenvalue weighted by molar-refractivity contribution is 14.1. The lowest BCUT2D eigenvalue weighted by Crippen LogP contribution is -2.10. The fourth-order valence-corrected chi connectivity index (χ4v) is 2.30. The summed E-state index contributed by atoms with van der Waals surface area (Å²) in [5, 5.41) is 0. The topological polar surface area (TPSA) is 39.2 Å². The maximum Gasteiger partial charge on any atom is 0.310 e. The number of hydrogen-bond donors (Lipinski definition) is 0. The summed E-state index contributed by atoms with van der Waals surface area (Å²) in [5.41, 5.74) is 0.683. The standard InChI is InChI=1S/C10H9ClF2INO2/c1-17-8(16)3-6-5(4-11)2-7(9(12)13)15-10(6)14/h2,9H,3-4H2,1H3. The first kappa shape index (κ1) is 14.6. The number of halogens is 4. The van der Waals surface area contributed by atoms with Crippen LogP contribution in [-0.4, -0.2) is 18.1 Å². The van der Waals surface area contributed by atoms with Crippen LogP contribution in [0.1, 0.15) is 23.2 Å². The summed E-state index contributed by atoms with van der Waals surface area (Å²) >= 11 is 7.49. The molecule has 0 fully saturated rings. The Morgan fingerprint density at radius 3 is 2.76 bits per heavy atom. The van der Waals surface area contributed by atoms with Crippen LogP contribution in [0.4, 0.5) is 8.78 Å². The zero-order chi connectivity index (χ0) is 13.0. The summed E-state index contributed by atoms with van der Waals surface area (Å²) in [6, 6.07) is 1.22. The molecule has 0 radical (unpaired) electrons. The van der Waals surface area contributed by atoms with Crippen LogP contribution in [0.25, 0.3) is 0 Å². The van der Waals surface area contributed by atoms with E-state index in [4.69, 9.17) is 11.6 Å². The van der Waals surface area contributed by atoms with Crippen LogP contribution in [0.3, 0.4) is 0 Å². The summed E-state index contributed by atoms with van der Waals surface area (Å²) in [4.78, 5) is 14.9. The molecule has 1 aromatic rings. The number of carbonyl (C=O) groups excluding carboxylic acids is 1. The van der Waals surface area contributed by atoms with E-state index in [0.29, 0.717) is 14.8 Å². The van der Waals surface area contributed by atoms with Crippen molar-refractivity contribution in [1.82, 2.24) is 4.98 Å². The normalized spacial score (nSPS) is 10.7. The van der Waals surface area contributed by atoms with Crippen LogP contribution in [0.15, 0.2) is 6.07 Å². The second-order valence-electron chi connectivity index (χ2n) is 3.16. The molecule has 0 aliphatic rings. The molecule has 0 atom stereocenters. The van der Waals surface area contributed by atoms with Crippen LogP contribution in [0.5, 0.6) is 0 Å². The number of hydrogen-bond acceptors (Lipinski definition) is 3. The lowest BCUT2D eigenvalue weighted by atomic mass is 10.1. The van der Waals surface area contributed by atoms with E-state index in [9.17, 15) is 13.6 Å². The number of methoxy groups -OCH3 is 1. The third kappa shape index (κ3) is 3.74. The van der Waals surface area contributed by atoms with Crippen molar-refractivity contribution < 1.29 is 18.3 Å². The van der Waals surface area contributed by atoms with E-state index in [1.54, 1.807) is 0 Å². The first-order valence-corrected chi connectivity index (χ1v) is 6.20. The zero-order valence-electron chi connectivity index (χ0n) is 8.84. The molecule has 1 aromatic heterocycles. The molecule has 94 valence electrons. The predicted molar refractivity (Wildman–Crippen MR) is 67.2 cm³/mol. The number of alkyl halides is 3. The summed E-state index contributed by atoms with van der Waals surface area (Å²) in [7, 11) is 1.26. The van der Waals surface area contributed by atoms with Gasteiger partial charge in [0.1, 0.15) is 9.39 Å². The Hall–Kier alpha value is -0.500. The fraction of sp³-hybridized carbons (Fsp3) is 0.400. The van der Waals surface area contributed by atoms with Gasteiger partial charge < -0.3 is 4.74 Å². The van der Waals surface area contributed by atoms with Crippen molar-refractivity contribution in [3.8, 4) is 0 Å². The van der Waals surface area contributed by atoms with E-state index in [1.807, 2.05) is 22.6 Å². The second kappa shape index (κ2) is 6.44. The highest BCUT2D eigenvalue weighted by atomic mass is 127. The summed E-state index contributed by atoms with van der Waals surface area (Å²) in [6.45, 7) is 0. The van der Waals surface area contributed by atoms with Gasteiger partial charge in [-0.15, -0.1) is 11.6 Å². The zero-order valence-corrected chi connectivity index (χ0v) is 11.8. The van der Waals surface area contributed by atoms with Crippen LogP contribution in [-0.2, 0) is 21.8 Å². The third-order valence-corrected chi connectivity index (χ3v) is 3.28. The van der Waals surface area contributed by atoms with E-state index in [0.717, 1.165) is 0 Å². The van der Waals surface area contributed by atoms with Gasteiger partial charge in [0.25, 0.3) is 6.43 Å². The lowest BCUT2D eigenvalue weighted by Gasteiger charge is -2.10. The third-order valence-electron chi connectivity index (χ3n) is 2.10. The van der Waals surface area contributed by atoms with E-state index in [-0.39, 0.29) is 18.0 Å². The van der Waals surface area contributed by atoms with Crippen molar-refractivity contribution in [3.05, 3.63) is 26.6 Å². The molecule has 3 nitrogen and oxygen atoms in total. The van der Waals surface area contributed by atoms with Gasteiger partial charge in [0.15, 0.2) is 0 Å². The van der Waals surface area contributed by atoms with Gasteiger partial charge in [0.2, 0.25) is 0 Å². The van der Waals surface area contributed by atoms with Gasteiger partial charge in [-0.25, -0.2) is 13.8 Å². The number of ether oxygens (including phenoxy) is 1. The highest BCUT2D eigenvalue weighted by Gasteiger charge is 2.18. The Morgan fingerprint density at radius 1 is 1.65 bits per heavy atom. The number of aromatic nitrogens is 1. The molecule has 0 saturated heterocycles. The maximum absolute atomic E-state index is 12.5. The van der Waals surface area contributed by atoms with Gasteiger partial charge in [-0.3, -0.25) is 4.79 Å². The molecule has 17 heavy (non-hydrogen) atoms. The monoisotopic (exact) mass is 375 g/mol. The molecule has 7 heteroatoms. The molecule has 0 N–H and O–H groups in total. The summed E-state index contributed by atoms with van der Waals surface area (Å²) < 4.78 is 29.9.